The van der Waals surface area contributed by atoms with E-state index in [-0.39, 0.29) is 6.61 Å². The smallest absolute Gasteiger partial charge is 0.119 e. The maximum atomic E-state index is 8.80. The monoisotopic (exact) mass is 237 g/mol. The molecule has 0 saturated heterocycles. The van der Waals surface area contributed by atoms with Gasteiger partial charge in [0.05, 0.1) is 6.61 Å². The van der Waals surface area contributed by atoms with Gasteiger partial charge < -0.3 is 15.2 Å². The van der Waals surface area contributed by atoms with E-state index in [1.165, 1.54) is 0 Å². The van der Waals surface area contributed by atoms with Crippen molar-refractivity contribution in [3.63, 3.8) is 0 Å². The molecule has 1 aromatic carbocycles. The fourth-order valence-corrected chi connectivity index (χ4v) is 1.53. The Hall–Kier alpha value is -1.06. The van der Waals surface area contributed by atoms with Crippen molar-refractivity contribution in [2.75, 3.05) is 19.8 Å². The fraction of sp³-hybridized carbons (Fsp3) is 0.571. The van der Waals surface area contributed by atoms with Crippen LogP contribution in [0.3, 0.4) is 0 Å². The minimum atomic E-state index is 0.196. The van der Waals surface area contributed by atoms with Crippen LogP contribution in [0.15, 0.2) is 24.3 Å². The molecule has 96 valence electrons. The number of hydrogen-bond donors (Lipinski definition) is 2. The van der Waals surface area contributed by atoms with Crippen LogP contribution in [0.1, 0.15) is 25.8 Å². The van der Waals surface area contributed by atoms with Gasteiger partial charge in [0.2, 0.25) is 0 Å². The summed E-state index contributed by atoms with van der Waals surface area (Å²) < 4.78 is 5.62. The largest absolute Gasteiger partial charge is 0.494 e. The van der Waals surface area contributed by atoms with Gasteiger partial charge in [0.25, 0.3) is 0 Å². The molecule has 1 rings (SSSR count). The van der Waals surface area contributed by atoms with Crippen LogP contribution in [0.5, 0.6) is 5.75 Å². The molecule has 3 heteroatoms. The molecule has 1 aromatic rings. The molecular weight excluding hydrogens is 214 g/mol. The average Bonchev–Trinajstić information content (AvgIpc) is 2.31. The highest BCUT2D eigenvalue weighted by molar-refractivity contribution is 5.27. The molecule has 0 heterocycles. The average molecular weight is 237 g/mol. The van der Waals surface area contributed by atoms with Crippen LogP contribution < -0.4 is 10.1 Å². The molecule has 2 N–H and O–H groups in total. The van der Waals surface area contributed by atoms with E-state index in [4.69, 9.17) is 9.84 Å². The summed E-state index contributed by atoms with van der Waals surface area (Å²) in [5, 5.41) is 12.1. The maximum absolute atomic E-state index is 8.80. The standard InChI is InChI=1S/C14H23NO2/c1-12(2)15-9-3-11-17-14-6-4-13(5-7-14)8-10-16/h4-7,12,15-16H,3,8-11H2,1-2H3. The zero-order valence-corrected chi connectivity index (χ0v) is 10.8. The number of benzene rings is 1. The molecule has 0 bridgehead atoms. The molecule has 17 heavy (non-hydrogen) atoms. The minimum absolute atomic E-state index is 0.196. The first-order valence-electron chi connectivity index (χ1n) is 6.28. The SMILES string of the molecule is CC(C)NCCCOc1ccc(CCO)cc1. The van der Waals surface area contributed by atoms with Crippen LogP contribution in [-0.4, -0.2) is 30.9 Å². The predicted octanol–water partition coefficient (Wildman–Crippen LogP) is 1.99. The zero-order valence-electron chi connectivity index (χ0n) is 10.8. The van der Waals surface area contributed by atoms with Gasteiger partial charge in [-0.05, 0) is 37.1 Å². The highest BCUT2D eigenvalue weighted by atomic mass is 16.5. The van der Waals surface area contributed by atoms with E-state index >= 15 is 0 Å². The van der Waals surface area contributed by atoms with Gasteiger partial charge in [0.15, 0.2) is 0 Å². The first-order valence-corrected chi connectivity index (χ1v) is 6.28. The summed E-state index contributed by atoms with van der Waals surface area (Å²) in [5.74, 6) is 0.899. The Balaban J connectivity index is 2.18. The lowest BCUT2D eigenvalue weighted by Gasteiger charge is -2.09. The van der Waals surface area contributed by atoms with Crippen molar-refractivity contribution >= 4 is 0 Å². The van der Waals surface area contributed by atoms with Crippen LogP contribution in [0.25, 0.3) is 0 Å². The second kappa shape index (κ2) is 8.09. The van der Waals surface area contributed by atoms with Gasteiger partial charge in [0.1, 0.15) is 5.75 Å². The fourth-order valence-electron chi connectivity index (χ4n) is 1.53. The third kappa shape index (κ3) is 6.29. The van der Waals surface area contributed by atoms with Gasteiger partial charge in [-0.15, -0.1) is 0 Å². The zero-order chi connectivity index (χ0) is 12.5. The van der Waals surface area contributed by atoms with Crippen molar-refractivity contribution in [2.24, 2.45) is 0 Å². The molecule has 0 aromatic heterocycles. The third-order valence-electron chi connectivity index (χ3n) is 2.47. The predicted molar refractivity (Wildman–Crippen MR) is 70.5 cm³/mol. The van der Waals surface area contributed by atoms with Gasteiger partial charge in [-0.2, -0.15) is 0 Å². The third-order valence-corrected chi connectivity index (χ3v) is 2.47. The van der Waals surface area contributed by atoms with Crippen LogP contribution in [0.2, 0.25) is 0 Å². The van der Waals surface area contributed by atoms with Gasteiger partial charge in [-0.25, -0.2) is 0 Å². The summed E-state index contributed by atoms with van der Waals surface area (Å²) in [6.45, 7) is 6.20. The molecule has 0 fully saturated rings. The van der Waals surface area contributed by atoms with Gasteiger partial charge >= 0.3 is 0 Å². The van der Waals surface area contributed by atoms with E-state index in [1.54, 1.807) is 0 Å². The molecule has 0 radical (unpaired) electrons. The molecule has 0 spiro atoms. The van der Waals surface area contributed by atoms with Crippen molar-refractivity contribution in [1.29, 1.82) is 0 Å². The Bertz CT molecular complexity index is 296. The summed E-state index contributed by atoms with van der Waals surface area (Å²) in [6.07, 6.45) is 1.72. The van der Waals surface area contributed by atoms with E-state index in [0.717, 1.165) is 30.9 Å². The molecule has 3 nitrogen and oxygen atoms in total. The van der Waals surface area contributed by atoms with Gasteiger partial charge in [-0.3, -0.25) is 0 Å². The lowest BCUT2D eigenvalue weighted by Crippen LogP contribution is -2.24. The van der Waals surface area contributed by atoms with E-state index < -0.39 is 0 Å². The number of aliphatic hydroxyl groups is 1. The molecule has 0 atom stereocenters. The summed E-state index contributed by atoms with van der Waals surface area (Å²) >= 11 is 0. The van der Waals surface area contributed by atoms with E-state index in [1.807, 2.05) is 24.3 Å². The molecule has 0 unspecified atom stereocenters. The van der Waals surface area contributed by atoms with Crippen LogP contribution in [0.4, 0.5) is 0 Å². The van der Waals surface area contributed by atoms with Gasteiger partial charge in [0, 0.05) is 12.6 Å². The van der Waals surface area contributed by atoms with Crippen molar-refractivity contribution in [3.05, 3.63) is 29.8 Å². The molecule has 0 aliphatic rings. The van der Waals surface area contributed by atoms with E-state index in [0.29, 0.717) is 12.5 Å². The first kappa shape index (κ1) is 14.0. The summed E-state index contributed by atoms with van der Waals surface area (Å²) in [6, 6.07) is 8.45. The molecule has 0 aliphatic heterocycles. The number of aliphatic hydroxyl groups excluding tert-OH is 1. The van der Waals surface area contributed by atoms with Gasteiger partial charge in [-0.1, -0.05) is 26.0 Å². The summed E-state index contributed by atoms with van der Waals surface area (Å²) in [7, 11) is 0. The lowest BCUT2D eigenvalue weighted by atomic mass is 10.1. The first-order chi connectivity index (χ1) is 8.22. The number of ether oxygens (including phenoxy) is 1. The van der Waals surface area contributed by atoms with Crippen molar-refractivity contribution in [3.8, 4) is 5.75 Å². The quantitative estimate of drug-likeness (QED) is 0.679. The number of hydrogen-bond acceptors (Lipinski definition) is 3. The topological polar surface area (TPSA) is 41.5 Å². The molecule has 0 amide bonds. The Morgan fingerprint density at radius 2 is 1.94 bits per heavy atom. The molecule has 0 aliphatic carbocycles. The number of rotatable bonds is 8. The highest BCUT2D eigenvalue weighted by Gasteiger charge is 1.96. The number of nitrogens with one attached hydrogen (secondary N) is 1. The Kier molecular flexibility index (Phi) is 6.67. The summed E-state index contributed by atoms with van der Waals surface area (Å²) in [5.41, 5.74) is 1.14. The Morgan fingerprint density at radius 1 is 1.24 bits per heavy atom. The minimum Gasteiger partial charge on any atom is -0.494 e. The Labute approximate surface area is 104 Å². The van der Waals surface area contributed by atoms with Crippen LogP contribution >= 0.6 is 0 Å². The Morgan fingerprint density at radius 3 is 2.53 bits per heavy atom. The van der Waals surface area contributed by atoms with Crippen molar-refractivity contribution in [1.82, 2.24) is 5.32 Å². The summed E-state index contributed by atoms with van der Waals surface area (Å²) in [4.78, 5) is 0. The van der Waals surface area contributed by atoms with E-state index in [2.05, 4.69) is 19.2 Å². The second-order valence-electron chi connectivity index (χ2n) is 4.43. The van der Waals surface area contributed by atoms with Crippen molar-refractivity contribution in [2.45, 2.75) is 32.7 Å². The van der Waals surface area contributed by atoms with Crippen LogP contribution in [0, 0.1) is 0 Å². The van der Waals surface area contributed by atoms with Crippen LogP contribution in [-0.2, 0) is 6.42 Å². The molecular formula is C14H23NO2. The lowest BCUT2D eigenvalue weighted by molar-refractivity contribution is 0.298. The second-order valence-corrected chi connectivity index (χ2v) is 4.43. The van der Waals surface area contributed by atoms with E-state index in [9.17, 15) is 0 Å². The normalized spacial score (nSPS) is 10.8. The maximum Gasteiger partial charge on any atom is 0.119 e. The highest BCUT2D eigenvalue weighted by Crippen LogP contribution is 2.12. The van der Waals surface area contributed by atoms with Crippen molar-refractivity contribution < 1.29 is 9.84 Å². The molecule has 0 saturated carbocycles.